The molecule has 0 radical (unpaired) electrons. The summed E-state index contributed by atoms with van der Waals surface area (Å²) < 4.78 is 0. The molecule has 1 aliphatic rings. The van der Waals surface area contributed by atoms with Crippen LogP contribution in [0.5, 0.6) is 0 Å². The predicted octanol–water partition coefficient (Wildman–Crippen LogP) is 0.165. The predicted molar refractivity (Wildman–Crippen MR) is 64.3 cm³/mol. The molecule has 0 bridgehead atoms. The average Bonchev–Trinajstić information content (AvgIpc) is 2.65. The van der Waals surface area contributed by atoms with Gasteiger partial charge in [0.05, 0.1) is 0 Å². The van der Waals surface area contributed by atoms with E-state index in [1.54, 1.807) is 0 Å². The second-order valence-electron chi connectivity index (χ2n) is 4.70. The lowest BCUT2D eigenvalue weighted by Gasteiger charge is -2.34. The Bertz CT molecular complexity index is 326. The largest absolute Gasteiger partial charge is 0.368 e. The molecule has 1 saturated heterocycles. The molecule has 1 aliphatic heterocycles. The van der Waals surface area contributed by atoms with Crippen LogP contribution in [-0.2, 0) is 0 Å². The number of anilines is 2. The van der Waals surface area contributed by atoms with Crippen LogP contribution in [0.15, 0.2) is 0 Å². The van der Waals surface area contributed by atoms with E-state index in [1.807, 2.05) is 0 Å². The summed E-state index contributed by atoms with van der Waals surface area (Å²) in [6.07, 6.45) is 0. The molecule has 2 rings (SSSR count). The molecule has 16 heavy (non-hydrogen) atoms. The maximum absolute atomic E-state index is 5.51. The van der Waals surface area contributed by atoms with E-state index in [0.29, 0.717) is 5.95 Å². The third kappa shape index (κ3) is 2.63. The molecule has 6 heteroatoms. The van der Waals surface area contributed by atoms with Gasteiger partial charge in [0, 0.05) is 32.7 Å². The van der Waals surface area contributed by atoms with Crippen molar-refractivity contribution in [3.05, 3.63) is 0 Å². The van der Waals surface area contributed by atoms with Gasteiger partial charge in [-0.15, -0.1) is 5.10 Å². The molecular weight excluding hydrogens is 204 g/mol. The van der Waals surface area contributed by atoms with Crippen molar-refractivity contribution in [3.8, 4) is 0 Å². The van der Waals surface area contributed by atoms with Crippen LogP contribution in [0, 0.1) is 5.92 Å². The van der Waals surface area contributed by atoms with Gasteiger partial charge in [-0.2, -0.15) is 4.98 Å². The molecule has 0 saturated carbocycles. The van der Waals surface area contributed by atoms with E-state index in [0.717, 1.165) is 38.0 Å². The number of aromatic nitrogens is 3. The lowest BCUT2D eigenvalue weighted by atomic mass is 10.2. The number of H-pyrrole nitrogens is 1. The summed E-state index contributed by atoms with van der Waals surface area (Å²) in [5.41, 5.74) is 5.51. The molecule has 0 amide bonds. The summed E-state index contributed by atoms with van der Waals surface area (Å²) in [4.78, 5) is 8.79. The first-order valence-electron chi connectivity index (χ1n) is 5.80. The summed E-state index contributed by atoms with van der Waals surface area (Å²) in [5.74, 6) is 1.84. The van der Waals surface area contributed by atoms with E-state index in [9.17, 15) is 0 Å². The zero-order valence-corrected chi connectivity index (χ0v) is 9.98. The fourth-order valence-electron chi connectivity index (χ4n) is 2.05. The van der Waals surface area contributed by atoms with Crippen LogP contribution in [0.1, 0.15) is 13.8 Å². The van der Waals surface area contributed by atoms with Gasteiger partial charge >= 0.3 is 0 Å². The topological polar surface area (TPSA) is 74.1 Å². The summed E-state index contributed by atoms with van der Waals surface area (Å²) in [6, 6.07) is 0. The molecule has 90 valence electrons. The Labute approximate surface area is 95.8 Å². The molecule has 2 heterocycles. The van der Waals surface area contributed by atoms with Crippen LogP contribution in [0.2, 0.25) is 0 Å². The molecule has 1 aromatic rings. The van der Waals surface area contributed by atoms with E-state index in [1.165, 1.54) is 6.54 Å². The number of aromatic amines is 1. The number of piperazine rings is 1. The van der Waals surface area contributed by atoms with Crippen LogP contribution >= 0.6 is 0 Å². The summed E-state index contributed by atoms with van der Waals surface area (Å²) in [6.45, 7) is 9.78. The molecule has 0 unspecified atom stereocenters. The minimum Gasteiger partial charge on any atom is -0.368 e. The van der Waals surface area contributed by atoms with Crippen molar-refractivity contribution in [2.45, 2.75) is 13.8 Å². The Kier molecular flexibility index (Phi) is 3.28. The number of nitrogens with one attached hydrogen (secondary N) is 1. The minimum absolute atomic E-state index is 0.389. The van der Waals surface area contributed by atoms with Crippen molar-refractivity contribution >= 4 is 11.9 Å². The van der Waals surface area contributed by atoms with Crippen LogP contribution < -0.4 is 10.6 Å². The van der Waals surface area contributed by atoms with Gasteiger partial charge in [-0.1, -0.05) is 13.8 Å². The smallest absolute Gasteiger partial charge is 0.246 e. The highest BCUT2D eigenvalue weighted by Crippen LogP contribution is 2.12. The van der Waals surface area contributed by atoms with Crippen LogP contribution in [0.4, 0.5) is 11.9 Å². The number of nitrogens with two attached hydrogens (primary N) is 1. The molecule has 1 fully saturated rings. The van der Waals surface area contributed by atoms with E-state index < -0.39 is 0 Å². The van der Waals surface area contributed by atoms with Crippen molar-refractivity contribution in [2.24, 2.45) is 5.92 Å². The Morgan fingerprint density at radius 2 is 2.00 bits per heavy atom. The van der Waals surface area contributed by atoms with Crippen molar-refractivity contribution in [1.82, 2.24) is 20.1 Å². The van der Waals surface area contributed by atoms with Gasteiger partial charge in [0.25, 0.3) is 0 Å². The first kappa shape index (κ1) is 11.2. The van der Waals surface area contributed by atoms with Crippen LogP contribution in [0.25, 0.3) is 0 Å². The fourth-order valence-corrected chi connectivity index (χ4v) is 2.05. The van der Waals surface area contributed by atoms with Gasteiger partial charge in [0.2, 0.25) is 11.9 Å². The first-order chi connectivity index (χ1) is 7.65. The highest BCUT2D eigenvalue weighted by atomic mass is 15.4. The Morgan fingerprint density at radius 3 is 2.50 bits per heavy atom. The van der Waals surface area contributed by atoms with Gasteiger partial charge in [-0.25, -0.2) is 5.10 Å². The highest BCUT2D eigenvalue weighted by Gasteiger charge is 2.19. The Morgan fingerprint density at radius 1 is 1.31 bits per heavy atom. The number of rotatable bonds is 3. The summed E-state index contributed by atoms with van der Waals surface area (Å²) >= 11 is 0. The molecule has 0 aliphatic carbocycles. The minimum atomic E-state index is 0.389. The standard InChI is InChI=1S/C10H20N6/c1-8(2)7-15-3-5-16(6-4-15)10-12-9(11)13-14-10/h8H,3-7H2,1-2H3,(H3,11,12,13,14). The zero-order chi connectivity index (χ0) is 11.5. The quantitative estimate of drug-likeness (QED) is 0.765. The van der Waals surface area contributed by atoms with Gasteiger partial charge in [-0.05, 0) is 5.92 Å². The zero-order valence-electron chi connectivity index (χ0n) is 9.98. The molecule has 0 spiro atoms. The van der Waals surface area contributed by atoms with Crippen molar-refractivity contribution < 1.29 is 0 Å². The fraction of sp³-hybridized carbons (Fsp3) is 0.800. The molecule has 0 aromatic carbocycles. The van der Waals surface area contributed by atoms with Crippen LogP contribution in [0.3, 0.4) is 0 Å². The summed E-state index contributed by atoms with van der Waals surface area (Å²) in [5, 5.41) is 6.74. The molecule has 1 aromatic heterocycles. The number of nitrogen functional groups attached to an aromatic ring is 1. The number of nitrogens with zero attached hydrogens (tertiary/aromatic N) is 4. The Balaban J connectivity index is 1.85. The lowest BCUT2D eigenvalue weighted by Crippen LogP contribution is -2.47. The third-order valence-corrected chi connectivity index (χ3v) is 2.77. The van der Waals surface area contributed by atoms with Crippen LogP contribution in [-0.4, -0.2) is 52.8 Å². The number of hydrogen-bond donors (Lipinski definition) is 2. The maximum Gasteiger partial charge on any atom is 0.246 e. The van der Waals surface area contributed by atoms with E-state index in [-0.39, 0.29) is 0 Å². The number of hydrogen-bond acceptors (Lipinski definition) is 5. The molecule has 6 nitrogen and oxygen atoms in total. The third-order valence-electron chi connectivity index (χ3n) is 2.77. The lowest BCUT2D eigenvalue weighted by molar-refractivity contribution is 0.230. The van der Waals surface area contributed by atoms with E-state index >= 15 is 0 Å². The Hall–Kier alpha value is -1.30. The average molecular weight is 224 g/mol. The molecular formula is C10H20N6. The van der Waals surface area contributed by atoms with Crippen molar-refractivity contribution in [1.29, 1.82) is 0 Å². The van der Waals surface area contributed by atoms with Gasteiger partial charge in [0.15, 0.2) is 0 Å². The van der Waals surface area contributed by atoms with Crippen molar-refractivity contribution in [3.63, 3.8) is 0 Å². The van der Waals surface area contributed by atoms with Gasteiger partial charge in [-0.3, -0.25) is 4.90 Å². The maximum atomic E-state index is 5.51. The van der Waals surface area contributed by atoms with E-state index in [4.69, 9.17) is 5.73 Å². The normalized spacial score (nSPS) is 18.3. The highest BCUT2D eigenvalue weighted by molar-refractivity contribution is 5.34. The van der Waals surface area contributed by atoms with E-state index in [2.05, 4.69) is 38.8 Å². The summed E-state index contributed by atoms with van der Waals surface area (Å²) in [7, 11) is 0. The second kappa shape index (κ2) is 4.69. The van der Waals surface area contributed by atoms with Gasteiger partial charge in [0.1, 0.15) is 0 Å². The first-order valence-corrected chi connectivity index (χ1v) is 5.80. The second-order valence-corrected chi connectivity index (χ2v) is 4.70. The van der Waals surface area contributed by atoms with Gasteiger partial charge < -0.3 is 10.6 Å². The molecule has 0 atom stereocenters. The van der Waals surface area contributed by atoms with Crippen molar-refractivity contribution in [2.75, 3.05) is 43.4 Å². The SMILES string of the molecule is CC(C)CN1CCN(c2n[nH]c(N)n2)CC1. The molecule has 3 N–H and O–H groups in total. The monoisotopic (exact) mass is 224 g/mol.